The zero-order chi connectivity index (χ0) is 23.4. The topological polar surface area (TPSA) is 99.5 Å². The summed E-state index contributed by atoms with van der Waals surface area (Å²) in [5.74, 6) is -2.08. The van der Waals surface area contributed by atoms with Gasteiger partial charge < -0.3 is 15.0 Å². The maximum absolute atomic E-state index is 13.0. The number of aryl methyl sites for hydroxylation is 1. The number of esters is 1. The van der Waals surface area contributed by atoms with Gasteiger partial charge in [0.15, 0.2) is 6.61 Å². The predicted octanol–water partition coefficient (Wildman–Crippen LogP) is 4.20. The third kappa shape index (κ3) is 4.78. The van der Waals surface area contributed by atoms with Crippen LogP contribution in [0.5, 0.6) is 0 Å². The van der Waals surface area contributed by atoms with Gasteiger partial charge in [-0.15, -0.1) is 11.3 Å². The average Bonchev–Trinajstić information content (AvgIpc) is 3.46. The molecule has 166 valence electrons. The fraction of sp³-hybridized carbons (Fsp3) is 0.200. The quantitative estimate of drug-likeness (QED) is 0.557. The van der Waals surface area contributed by atoms with Crippen LogP contribution in [0, 0.1) is 24.2 Å². The molecule has 2 aromatic carbocycles. The Kier molecular flexibility index (Phi) is 6.52. The van der Waals surface area contributed by atoms with Gasteiger partial charge in [-0.1, -0.05) is 35.9 Å². The molecule has 1 saturated heterocycles. The van der Waals surface area contributed by atoms with Gasteiger partial charge in [0, 0.05) is 17.0 Å². The molecular weight excluding hydrogens is 438 g/mol. The first-order chi connectivity index (χ1) is 16.0. The standard InChI is InChI=1S/C25H21N3O4S/c1-16-8-10-18(11-9-16)28-23(30)13-19(24(28)21-7-4-12-33-21)25(31)32-15-22(29)27-20-6-3-2-5-17(20)14-26/h2-12,19,24H,13,15H2,1H3,(H,27,29)/t19-,24-/m1/s1. The summed E-state index contributed by atoms with van der Waals surface area (Å²) >= 11 is 1.46. The molecule has 0 saturated carbocycles. The molecule has 0 spiro atoms. The summed E-state index contributed by atoms with van der Waals surface area (Å²) in [4.78, 5) is 40.8. The number of carbonyl (C=O) groups excluding carboxylic acids is 3. The summed E-state index contributed by atoms with van der Waals surface area (Å²) in [7, 11) is 0. The van der Waals surface area contributed by atoms with E-state index in [-0.39, 0.29) is 12.3 Å². The lowest BCUT2D eigenvalue weighted by atomic mass is 9.99. The molecule has 1 aromatic heterocycles. The van der Waals surface area contributed by atoms with E-state index in [1.54, 1.807) is 29.2 Å². The lowest BCUT2D eigenvalue weighted by Gasteiger charge is -2.27. The van der Waals surface area contributed by atoms with E-state index in [4.69, 9.17) is 10.00 Å². The van der Waals surface area contributed by atoms with Crippen molar-refractivity contribution in [1.82, 2.24) is 0 Å². The number of hydrogen-bond donors (Lipinski definition) is 1. The fourth-order valence-electron chi connectivity index (χ4n) is 3.86. The molecule has 1 N–H and O–H groups in total. The minimum atomic E-state index is -0.739. The highest BCUT2D eigenvalue weighted by Crippen LogP contribution is 2.43. The number of nitriles is 1. The maximum atomic E-state index is 13.0. The van der Waals surface area contributed by atoms with Crippen LogP contribution in [0.25, 0.3) is 0 Å². The van der Waals surface area contributed by atoms with Gasteiger partial charge in [0.05, 0.1) is 23.2 Å². The molecule has 1 aliphatic heterocycles. The number of nitrogens with one attached hydrogen (secondary N) is 1. The Morgan fingerprint density at radius 2 is 1.91 bits per heavy atom. The van der Waals surface area contributed by atoms with Crippen molar-refractivity contribution in [3.63, 3.8) is 0 Å². The first kappa shape index (κ1) is 22.2. The molecule has 1 aliphatic rings. The number of hydrogen-bond acceptors (Lipinski definition) is 6. The zero-order valence-electron chi connectivity index (χ0n) is 17.9. The number of carbonyl (C=O) groups is 3. The summed E-state index contributed by atoms with van der Waals surface area (Å²) in [6, 6.07) is 19.4. The van der Waals surface area contributed by atoms with E-state index >= 15 is 0 Å². The van der Waals surface area contributed by atoms with E-state index in [9.17, 15) is 14.4 Å². The highest BCUT2D eigenvalue weighted by molar-refractivity contribution is 7.10. The number of benzene rings is 2. The number of rotatable bonds is 6. The summed E-state index contributed by atoms with van der Waals surface area (Å²) in [5.41, 5.74) is 2.44. The van der Waals surface area contributed by atoms with Crippen molar-refractivity contribution < 1.29 is 19.1 Å². The molecule has 0 unspecified atom stereocenters. The molecule has 33 heavy (non-hydrogen) atoms. The van der Waals surface area contributed by atoms with E-state index in [1.807, 2.05) is 54.8 Å². The number of para-hydroxylation sites is 1. The minimum Gasteiger partial charge on any atom is -0.455 e. The van der Waals surface area contributed by atoms with Gasteiger partial charge in [-0.05, 0) is 42.6 Å². The first-order valence-corrected chi connectivity index (χ1v) is 11.2. The van der Waals surface area contributed by atoms with Crippen LogP contribution in [-0.4, -0.2) is 24.4 Å². The van der Waals surface area contributed by atoms with Gasteiger partial charge >= 0.3 is 5.97 Å². The molecule has 4 rings (SSSR count). The molecule has 0 bridgehead atoms. The normalized spacial score (nSPS) is 17.5. The van der Waals surface area contributed by atoms with Crippen molar-refractivity contribution >= 4 is 40.5 Å². The Labute approximate surface area is 195 Å². The van der Waals surface area contributed by atoms with Crippen molar-refractivity contribution in [2.75, 3.05) is 16.8 Å². The second-order valence-corrected chi connectivity index (χ2v) is 8.66. The van der Waals surface area contributed by atoms with Crippen LogP contribution in [0.3, 0.4) is 0 Å². The second-order valence-electron chi connectivity index (χ2n) is 7.68. The molecule has 2 heterocycles. The number of thiophene rings is 1. The lowest BCUT2D eigenvalue weighted by molar-refractivity contribution is -0.152. The summed E-state index contributed by atoms with van der Waals surface area (Å²) in [5, 5.41) is 13.6. The number of amides is 2. The molecule has 1 fully saturated rings. The maximum Gasteiger partial charge on any atom is 0.312 e. The highest BCUT2D eigenvalue weighted by Gasteiger charge is 2.46. The third-order valence-electron chi connectivity index (χ3n) is 5.44. The van der Waals surface area contributed by atoms with E-state index in [0.717, 1.165) is 10.4 Å². The van der Waals surface area contributed by atoms with Crippen molar-refractivity contribution in [3.05, 3.63) is 82.0 Å². The van der Waals surface area contributed by atoms with Crippen LogP contribution in [0.15, 0.2) is 66.0 Å². The molecule has 0 radical (unpaired) electrons. The monoisotopic (exact) mass is 459 g/mol. The molecular formula is C25H21N3O4S. The van der Waals surface area contributed by atoms with E-state index in [2.05, 4.69) is 5.32 Å². The van der Waals surface area contributed by atoms with Crippen molar-refractivity contribution in [2.45, 2.75) is 19.4 Å². The van der Waals surface area contributed by atoms with Gasteiger partial charge in [-0.3, -0.25) is 14.4 Å². The molecule has 3 aromatic rings. The fourth-order valence-corrected chi connectivity index (χ4v) is 4.74. The molecule has 8 heteroatoms. The Morgan fingerprint density at radius 1 is 1.15 bits per heavy atom. The Hall–Kier alpha value is -3.96. The number of ether oxygens (including phenoxy) is 1. The van der Waals surface area contributed by atoms with Crippen LogP contribution in [0.4, 0.5) is 11.4 Å². The SMILES string of the molecule is Cc1ccc(N2C(=O)C[C@@H](C(=O)OCC(=O)Nc3ccccc3C#N)[C@@H]2c2cccs2)cc1. The van der Waals surface area contributed by atoms with E-state index in [0.29, 0.717) is 16.9 Å². The van der Waals surface area contributed by atoms with Crippen LogP contribution < -0.4 is 10.2 Å². The lowest BCUT2D eigenvalue weighted by Crippen LogP contribution is -2.31. The smallest absolute Gasteiger partial charge is 0.312 e. The van der Waals surface area contributed by atoms with Crippen molar-refractivity contribution in [3.8, 4) is 6.07 Å². The zero-order valence-corrected chi connectivity index (χ0v) is 18.7. The summed E-state index contributed by atoms with van der Waals surface area (Å²) in [6.07, 6.45) is -0.00579. The van der Waals surface area contributed by atoms with Crippen LogP contribution in [0.2, 0.25) is 0 Å². The minimum absolute atomic E-state index is 0.00579. The van der Waals surface area contributed by atoms with Crippen LogP contribution >= 0.6 is 11.3 Å². The predicted molar refractivity (Wildman–Crippen MR) is 125 cm³/mol. The van der Waals surface area contributed by atoms with Crippen LogP contribution in [0.1, 0.15) is 28.5 Å². The molecule has 2 atom stereocenters. The van der Waals surface area contributed by atoms with Gasteiger partial charge in [0.2, 0.25) is 5.91 Å². The van der Waals surface area contributed by atoms with E-state index < -0.39 is 30.4 Å². The van der Waals surface area contributed by atoms with Gasteiger partial charge in [0.1, 0.15) is 6.07 Å². The second kappa shape index (κ2) is 9.67. The Balaban J connectivity index is 1.49. The van der Waals surface area contributed by atoms with Gasteiger partial charge in [-0.25, -0.2) is 0 Å². The summed E-state index contributed by atoms with van der Waals surface area (Å²) < 4.78 is 5.31. The van der Waals surface area contributed by atoms with Crippen LogP contribution in [-0.2, 0) is 19.1 Å². The van der Waals surface area contributed by atoms with E-state index in [1.165, 1.54) is 11.3 Å². The molecule has 2 amide bonds. The van der Waals surface area contributed by atoms with Gasteiger partial charge in [0.25, 0.3) is 5.91 Å². The number of anilines is 2. The first-order valence-electron chi connectivity index (χ1n) is 10.4. The van der Waals surface area contributed by atoms with Crippen molar-refractivity contribution in [1.29, 1.82) is 5.26 Å². The molecule has 7 nitrogen and oxygen atoms in total. The molecule has 0 aliphatic carbocycles. The summed E-state index contributed by atoms with van der Waals surface area (Å²) in [6.45, 7) is 1.46. The van der Waals surface area contributed by atoms with Gasteiger partial charge in [-0.2, -0.15) is 5.26 Å². The Morgan fingerprint density at radius 3 is 2.61 bits per heavy atom. The Bertz CT molecular complexity index is 1220. The number of nitrogens with zero attached hydrogens (tertiary/aromatic N) is 2. The highest BCUT2D eigenvalue weighted by atomic mass is 32.1. The third-order valence-corrected chi connectivity index (χ3v) is 6.38. The average molecular weight is 460 g/mol. The van der Waals surface area contributed by atoms with Crippen molar-refractivity contribution in [2.24, 2.45) is 5.92 Å². The largest absolute Gasteiger partial charge is 0.455 e.